The lowest BCUT2D eigenvalue weighted by Crippen LogP contribution is -2.16. The van der Waals surface area contributed by atoms with E-state index in [0.29, 0.717) is 4.90 Å². The first-order valence-corrected chi connectivity index (χ1v) is 5.46. The minimum absolute atomic E-state index is 0.189. The predicted octanol–water partition coefficient (Wildman–Crippen LogP) is 2.95. The summed E-state index contributed by atoms with van der Waals surface area (Å²) < 4.78 is 39.2. The number of hydrogen-bond donors (Lipinski definition) is 0. The van der Waals surface area contributed by atoms with Crippen LogP contribution in [0.1, 0.15) is 0 Å². The highest BCUT2D eigenvalue weighted by atomic mass is 32.2. The highest BCUT2D eigenvalue weighted by Crippen LogP contribution is 2.25. The number of nitro groups is 1. The SMILES string of the molecule is O=[N+]([O-])CCSc1ccc(OC(F)(F)F)cc1. The smallest absolute Gasteiger partial charge is 0.406 e. The van der Waals surface area contributed by atoms with Gasteiger partial charge in [0.05, 0.1) is 5.75 Å². The van der Waals surface area contributed by atoms with Crippen LogP contribution in [0.2, 0.25) is 0 Å². The molecule has 0 saturated heterocycles. The van der Waals surface area contributed by atoms with Gasteiger partial charge in [-0.25, -0.2) is 0 Å². The fourth-order valence-corrected chi connectivity index (χ4v) is 1.78. The minimum atomic E-state index is -4.71. The van der Waals surface area contributed by atoms with E-state index in [1.807, 2.05) is 0 Å². The zero-order valence-corrected chi connectivity index (χ0v) is 9.25. The van der Waals surface area contributed by atoms with Gasteiger partial charge in [0.2, 0.25) is 6.54 Å². The van der Waals surface area contributed by atoms with Crippen LogP contribution >= 0.6 is 11.8 Å². The van der Waals surface area contributed by atoms with Crippen molar-refractivity contribution in [3.8, 4) is 5.75 Å². The molecule has 0 saturated carbocycles. The second kappa shape index (κ2) is 5.76. The summed E-state index contributed by atoms with van der Waals surface area (Å²) in [6.07, 6.45) is -4.71. The van der Waals surface area contributed by atoms with E-state index in [4.69, 9.17) is 0 Å². The zero-order valence-electron chi connectivity index (χ0n) is 8.44. The molecule has 0 fully saturated rings. The fourth-order valence-electron chi connectivity index (χ4n) is 0.976. The van der Waals surface area contributed by atoms with Gasteiger partial charge in [-0.1, -0.05) is 0 Å². The van der Waals surface area contributed by atoms with Crippen LogP contribution in [-0.4, -0.2) is 23.6 Å². The van der Waals surface area contributed by atoms with E-state index in [2.05, 4.69) is 4.74 Å². The van der Waals surface area contributed by atoms with Gasteiger partial charge >= 0.3 is 6.36 Å². The van der Waals surface area contributed by atoms with E-state index in [9.17, 15) is 23.3 Å². The number of nitrogens with zero attached hydrogens (tertiary/aromatic N) is 1. The average molecular weight is 267 g/mol. The number of halogens is 3. The first kappa shape index (κ1) is 13.6. The second-order valence-electron chi connectivity index (χ2n) is 2.92. The number of benzene rings is 1. The Morgan fingerprint density at radius 3 is 2.35 bits per heavy atom. The van der Waals surface area contributed by atoms with Crippen LogP contribution in [0.5, 0.6) is 5.75 Å². The van der Waals surface area contributed by atoms with Crippen molar-refractivity contribution in [1.29, 1.82) is 0 Å². The molecule has 17 heavy (non-hydrogen) atoms. The molecule has 4 nitrogen and oxygen atoms in total. The van der Waals surface area contributed by atoms with Crippen molar-refractivity contribution in [1.82, 2.24) is 0 Å². The molecule has 0 radical (unpaired) electrons. The van der Waals surface area contributed by atoms with Crippen LogP contribution in [0.25, 0.3) is 0 Å². The predicted molar refractivity (Wildman–Crippen MR) is 55.7 cm³/mol. The molecule has 0 amide bonds. The van der Waals surface area contributed by atoms with Crippen molar-refractivity contribution in [2.24, 2.45) is 0 Å². The molecule has 0 N–H and O–H groups in total. The standard InChI is InChI=1S/C9H8F3NO3S/c10-9(11,12)16-7-1-3-8(4-2-7)17-6-5-13(14)15/h1-4H,5-6H2. The number of hydrogen-bond acceptors (Lipinski definition) is 4. The Bertz CT molecular complexity index is 380. The summed E-state index contributed by atoms with van der Waals surface area (Å²) >= 11 is 1.20. The lowest BCUT2D eigenvalue weighted by molar-refractivity contribution is -0.474. The molecule has 1 rings (SSSR count). The first-order chi connectivity index (χ1) is 7.87. The normalized spacial score (nSPS) is 11.2. The molecule has 1 aromatic rings. The van der Waals surface area contributed by atoms with Gasteiger partial charge in [-0.15, -0.1) is 24.9 Å². The molecular weight excluding hydrogens is 259 g/mol. The number of alkyl halides is 3. The van der Waals surface area contributed by atoms with Gasteiger partial charge in [0, 0.05) is 9.82 Å². The molecule has 0 aliphatic carbocycles. The molecule has 0 bridgehead atoms. The third-order valence-electron chi connectivity index (χ3n) is 1.60. The Labute approximate surface area is 98.9 Å². The van der Waals surface area contributed by atoms with Crippen LogP contribution < -0.4 is 4.74 Å². The molecule has 0 aliphatic rings. The second-order valence-corrected chi connectivity index (χ2v) is 4.09. The van der Waals surface area contributed by atoms with E-state index in [-0.39, 0.29) is 18.0 Å². The van der Waals surface area contributed by atoms with Crippen LogP contribution in [0.4, 0.5) is 13.2 Å². The molecule has 94 valence electrons. The Kier molecular flexibility index (Phi) is 4.62. The highest BCUT2D eigenvalue weighted by Gasteiger charge is 2.30. The quantitative estimate of drug-likeness (QED) is 0.467. The van der Waals surface area contributed by atoms with E-state index in [1.54, 1.807) is 0 Å². The first-order valence-electron chi connectivity index (χ1n) is 4.47. The number of thioether (sulfide) groups is 1. The van der Waals surface area contributed by atoms with Crippen LogP contribution in [0, 0.1) is 10.1 Å². The van der Waals surface area contributed by atoms with Crippen molar-refractivity contribution in [3.63, 3.8) is 0 Å². The van der Waals surface area contributed by atoms with E-state index >= 15 is 0 Å². The average Bonchev–Trinajstić information content (AvgIpc) is 2.18. The molecule has 0 aromatic heterocycles. The summed E-state index contributed by atoms with van der Waals surface area (Å²) in [5.74, 6) is -0.0388. The van der Waals surface area contributed by atoms with Gasteiger partial charge in [0.15, 0.2) is 0 Å². The third kappa shape index (κ3) is 6.00. The minimum Gasteiger partial charge on any atom is -0.406 e. The molecule has 0 spiro atoms. The number of ether oxygens (including phenoxy) is 1. The summed E-state index contributed by atoms with van der Waals surface area (Å²) in [5, 5.41) is 10.0. The highest BCUT2D eigenvalue weighted by molar-refractivity contribution is 7.99. The maximum absolute atomic E-state index is 11.8. The maximum atomic E-state index is 11.8. The Hall–Kier alpha value is -1.44. The van der Waals surface area contributed by atoms with Crippen molar-refractivity contribution in [2.45, 2.75) is 11.3 Å². The molecule has 0 unspecified atom stereocenters. The van der Waals surface area contributed by atoms with Crippen molar-refractivity contribution in [3.05, 3.63) is 34.4 Å². The lowest BCUT2D eigenvalue weighted by Gasteiger charge is -2.08. The van der Waals surface area contributed by atoms with E-state index < -0.39 is 11.3 Å². The van der Waals surface area contributed by atoms with Gasteiger partial charge in [-0.2, -0.15) is 0 Å². The van der Waals surface area contributed by atoms with Gasteiger partial charge in [-0.05, 0) is 24.3 Å². The fraction of sp³-hybridized carbons (Fsp3) is 0.333. The summed E-state index contributed by atoms with van der Waals surface area (Å²) in [5.41, 5.74) is 0. The van der Waals surface area contributed by atoms with Gasteiger partial charge in [-0.3, -0.25) is 10.1 Å². The maximum Gasteiger partial charge on any atom is 0.573 e. The van der Waals surface area contributed by atoms with Crippen molar-refractivity contribution >= 4 is 11.8 Å². The molecular formula is C9H8F3NO3S. The molecule has 0 atom stereocenters. The summed E-state index contributed by atoms with van der Waals surface area (Å²) in [6, 6.07) is 5.18. The lowest BCUT2D eigenvalue weighted by atomic mass is 10.3. The van der Waals surface area contributed by atoms with E-state index in [1.165, 1.54) is 36.0 Å². The summed E-state index contributed by atoms with van der Waals surface area (Å²) in [4.78, 5) is 10.3. The van der Waals surface area contributed by atoms with Gasteiger partial charge in [0.1, 0.15) is 5.75 Å². The monoisotopic (exact) mass is 267 g/mol. The van der Waals surface area contributed by atoms with Gasteiger partial charge < -0.3 is 4.74 Å². The number of rotatable bonds is 5. The van der Waals surface area contributed by atoms with Crippen molar-refractivity contribution < 1.29 is 22.8 Å². The van der Waals surface area contributed by atoms with Gasteiger partial charge in [0.25, 0.3) is 0 Å². The Morgan fingerprint density at radius 2 is 1.88 bits per heavy atom. The van der Waals surface area contributed by atoms with Crippen LogP contribution in [0.3, 0.4) is 0 Å². The largest absolute Gasteiger partial charge is 0.573 e. The Balaban J connectivity index is 2.47. The summed E-state index contributed by atoms with van der Waals surface area (Å²) in [6.45, 7) is -0.189. The van der Waals surface area contributed by atoms with Crippen LogP contribution in [-0.2, 0) is 0 Å². The molecule has 1 aromatic carbocycles. The molecule has 8 heteroatoms. The Morgan fingerprint density at radius 1 is 1.29 bits per heavy atom. The van der Waals surface area contributed by atoms with Crippen LogP contribution in [0.15, 0.2) is 29.2 Å². The molecule has 0 heterocycles. The third-order valence-corrected chi connectivity index (χ3v) is 2.59. The topological polar surface area (TPSA) is 52.4 Å². The van der Waals surface area contributed by atoms with E-state index in [0.717, 1.165) is 0 Å². The molecule has 0 aliphatic heterocycles. The van der Waals surface area contributed by atoms with Crippen molar-refractivity contribution in [2.75, 3.05) is 12.3 Å². The zero-order chi connectivity index (χ0) is 12.9. The summed E-state index contributed by atoms with van der Waals surface area (Å²) in [7, 11) is 0.